The lowest BCUT2D eigenvalue weighted by molar-refractivity contribution is -0.137. The van der Waals surface area contributed by atoms with E-state index in [9.17, 15) is 31.2 Å². The highest BCUT2D eigenvalue weighted by atomic mass is 32.2. The van der Waals surface area contributed by atoms with Crippen LogP contribution >= 0.6 is 0 Å². The van der Waals surface area contributed by atoms with Crippen LogP contribution in [0.1, 0.15) is 28.4 Å². The number of piperazine rings is 1. The van der Waals surface area contributed by atoms with Crippen molar-refractivity contribution in [2.24, 2.45) is 0 Å². The summed E-state index contributed by atoms with van der Waals surface area (Å²) in [6.07, 6.45) is -1.99. The number of carbonyl (C=O) groups excluding carboxylic acids is 2. The number of rotatable bonds is 5. The number of halogens is 3. The highest BCUT2D eigenvalue weighted by Crippen LogP contribution is 2.29. The van der Waals surface area contributed by atoms with E-state index < -0.39 is 27.7 Å². The Morgan fingerprint density at radius 2 is 1.59 bits per heavy atom. The maximum absolute atomic E-state index is 12.8. The Hall–Kier alpha value is -2.98. The number of alkyl halides is 3. The van der Waals surface area contributed by atoms with Crippen LogP contribution in [0.5, 0.6) is 0 Å². The van der Waals surface area contributed by atoms with Gasteiger partial charge in [-0.2, -0.15) is 17.5 Å². The zero-order chi connectivity index (χ0) is 23.5. The van der Waals surface area contributed by atoms with Gasteiger partial charge in [0.1, 0.15) is 0 Å². The molecule has 0 unspecified atom stereocenters. The van der Waals surface area contributed by atoms with Crippen molar-refractivity contribution < 1.29 is 31.2 Å². The molecule has 170 valence electrons. The molecule has 0 aromatic heterocycles. The van der Waals surface area contributed by atoms with Crippen LogP contribution in [0.25, 0.3) is 6.08 Å². The fourth-order valence-corrected chi connectivity index (χ4v) is 4.67. The first-order valence-electron chi connectivity index (χ1n) is 9.74. The molecule has 3 rings (SSSR count). The highest BCUT2D eigenvalue weighted by Gasteiger charge is 2.31. The fraction of sp³-hybridized carbons (Fsp3) is 0.273. The number of hydrogen-bond acceptors (Lipinski definition) is 4. The average Bonchev–Trinajstić information content (AvgIpc) is 2.77. The molecule has 10 heteroatoms. The molecule has 32 heavy (non-hydrogen) atoms. The van der Waals surface area contributed by atoms with Gasteiger partial charge in [-0.25, -0.2) is 8.42 Å². The molecule has 0 saturated carbocycles. The van der Waals surface area contributed by atoms with Gasteiger partial charge in [0.05, 0.1) is 10.5 Å². The van der Waals surface area contributed by atoms with Gasteiger partial charge >= 0.3 is 6.18 Å². The molecule has 1 heterocycles. The molecular formula is C22H21F3N2O4S. The molecular weight excluding hydrogens is 445 g/mol. The summed E-state index contributed by atoms with van der Waals surface area (Å²) in [4.78, 5) is 25.3. The number of carbonyl (C=O) groups is 2. The lowest BCUT2D eigenvalue weighted by atomic mass is 10.1. The van der Waals surface area contributed by atoms with Gasteiger partial charge in [0.2, 0.25) is 15.9 Å². The average molecular weight is 466 g/mol. The molecule has 6 nitrogen and oxygen atoms in total. The van der Waals surface area contributed by atoms with E-state index >= 15 is 0 Å². The van der Waals surface area contributed by atoms with Crippen molar-refractivity contribution in [3.05, 3.63) is 71.3 Å². The molecule has 0 radical (unpaired) electrons. The van der Waals surface area contributed by atoms with Crippen molar-refractivity contribution in [2.75, 3.05) is 26.2 Å². The molecule has 2 aromatic rings. The van der Waals surface area contributed by atoms with Crippen LogP contribution in [-0.4, -0.2) is 55.5 Å². The van der Waals surface area contributed by atoms with E-state index in [4.69, 9.17) is 0 Å². The third kappa shape index (κ3) is 5.43. The molecule has 0 N–H and O–H groups in total. The molecule has 1 aliphatic heterocycles. The van der Waals surface area contributed by atoms with Gasteiger partial charge in [0.25, 0.3) is 0 Å². The number of benzene rings is 2. The first-order valence-corrected chi connectivity index (χ1v) is 11.2. The molecule has 1 fully saturated rings. The maximum Gasteiger partial charge on any atom is 0.416 e. The quantitative estimate of drug-likeness (QED) is 0.500. The van der Waals surface area contributed by atoms with Crippen LogP contribution in [0.3, 0.4) is 0 Å². The van der Waals surface area contributed by atoms with Gasteiger partial charge in [-0.05, 0) is 42.8 Å². The van der Waals surface area contributed by atoms with Gasteiger partial charge in [-0.15, -0.1) is 0 Å². The van der Waals surface area contributed by atoms with E-state index in [-0.39, 0.29) is 42.4 Å². The largest absolute Gasteiger partial charge is 0.416 e. The summed E-state index contributed by atoms with van der Waals surface area (Å²) in [6.45, 7) is 1.86. The van der Waals surface area contributed by atoms with Crippen LogP contribution in [0.4, 0.5) is 13.2 Å². The summed E-state index contributed by atoms with van der Waals surface area (Å²) in [5.41, 5.74) is -0.155. The van der Waals surface area contributed by atoms with Crippen molar-refractivity contribution in [3.8, 4) is 0 Å². The van der Waals surface area contributed by atoms with E-state index in [2.05, 4.69) is 0 Å². The summed E-state index contributed by atoms with van der Waals surface area (Å²) < 4.78 is 65.3. The van der Waals surface area contributed by atoms with Crippen molar-refractivity contribution in [2.45, 2.75) is 18.0 Å². The number of hydrogen-bond donors (Lipinski definition) is 0. The molecule has 0 bridgehead atoms. The normalized spacial score (nSPS) is 15.8. The molecule has 1 saturated heterocycles. The fourth-order valence-electron chi connectivity index (χ4n) is 3.25. The molecule has 1 aliphatic rings. The summed E-state index contributed by atoms with van der Waals surface area (Å²) >= 11 is 0. The Balaban J connectivity index is 1.62. The predicted molar refractivity (Wildman–Crippen MR) is 112 cm³/mol. The number of sulfonamides is 1. The smallest absolute Gasteiger partial charge is 0.337 e. The van der Waals surface area contributed by atoms with Crippen LogP contribution in [0, 0.1) is 0 Å². The number of Topliss-reactive ketones (excluding diaryl/α,β-unsaturated/α-hetero) is 1. The minimum absolute atomic E-state index is 0.0618. The van der Waals surface area contributed by atoms with Crippen LogP contribution in [0.2, 0.25) is 0 Å². The summed E-state index contributed by atoms with van der Waals surface area (Å²) in [5.74, 6) is -0.579. The highest BCUT2D eigenvalue weighted by molar-refractivity contribution is 7.89. The number of ketones is 1. The van der Waals surface area contributed by atoms with E-state index in [1.807, 2.05) is 0 Å². The van der Waals surface area contributed by atoms with Crippen LogP contribution in [0.15, 0.2) is 59.5 Å². The Bertz CT molecular complexity index is 1130. The lowest BCUT2D eigenvalue weighted by Gasteiger charge is -2.33. The van der Waals surface area contributed by atoms with E-state index in [0.29, 0.717) is 5.56 Å². The minimum Gasteiger partial charge on any atom is -0.337 e. The van der Waals surface area contributed by atoms with Gasteiger partial charge < -0.3 is 4.90 Å². The first-order chi connectivity index (χ1) is 15.0. The van der Waals surface area contributed by atoms with Crippen molar-refractivity contribution in [1.82, 2.24) is 9.21 Å². The molecule has 1 amide bonds. The van der Waals surface area contributed by atoms with E-state index in [1.54, 1.807) is 0 Å². The summed E-state index contributed by atoms with van der Waals surface area (Å²) in [5, 5.41) is 0. The van der Waals surface area contributed by atoms with E-state index in [1.165, 1.54) is 64.7 Å². The molecule has 2 aromatic carbocycles. The predicted octanol–water partition coefficient (Wildman–Crippen LogP) is 3.45. The van der Waals surface area contributed by atoms with Crippen molar-refractivity contribution >= 4 is 27.8 Å². The Labute approximate surface area is 184 Å². The molecule has 0 aliphatic carbocycles. The SMILES string of the molecule is CC(=O)c1ccc(S(=O)(=O)N2CCN(C(=O)/C=C/c3cccc(C(F)(F)F)c3)CC2)cc1. The Kier molecular flexibility index (Phi) is 6.85. The van der Waals surface area contributed by atoms with Crippen molar-refractivity contribution in [3.63, 3.8) is 0 Å². The summed E-state index contributed by atoms with van der Waals surface area (Å²) in [7, 11) is -3.77. The lowest BCUT2D eigenvalue weighted by Crippen LogP contribution is -2.50. The number of nitrogens with zero attached hydrogens (tertiary/aromatic N) is 2. The minimum atomic E-state index is -4.47. The van der Waals surface area contributed by atoms with Crippen LogP contribution in [-0.2, 0) is 21.0 Å². The third-order valence-electron chi connectivity index (χ3n) is 5.08. The van der Waals surface area contributed by atoms with Gasteiger partial charge in [0.15, 0.2) is 5.78 Å². The monoisotopic (exact) mass is 466 g/mol. The first kappa shape index (κ1) is 23.7. The van der Waals surface area contributed by atoms with Gasteiger partial charge in [0, 0.05) is 37.8 Å². The second-order valence-corrected chi connectivity index (χ2v) is 9.20. The number of amides is 1. The Morgan fingerprint density at radius 1 is 0.969 bits per heavy atom. The zero-order valence-electron chi connectivity index (χ0n) is 17.2. The summed E-state index contributed by atoms with van der Waals surface area (Å²) in [6, 6.07) is 10.3. The topological polar surface area (TPSA) is 74.8 Å². The second kappa shape index (κ2) is 9.25. The third-order valence-corrected chi connectivity index (χ3v) is 6.99. The van der Waals surface area contributed by atoms with Gasteiger partial charge in [-0.1, -0.05) is 24.3 Å². The maximum atomic E-state index is 12.8. The van der Waals surface area contributed by atoms with Gasteiger partial charge in [-0.3, -0.25) is 9.59 Å². The van der Waals surface area contributed by atoms with Crippen molar-refractivity contribution in [1.29, 1.82) is 0 Å². The molecule has 0 atom stereocenters. The van der Waals surface area contributed by atoms with E-state index in [0.717, 1.165) is 12.1 Å². The van der Waals surface area contributed by atoms with Crippen LogP contribution < -0.4 is 0 Å². The Morgan fingerprint density at radius 3 is 2.16 bits per heavy atom. The molecule has 0 spiro atoms. The second-order valence-electron chi connectivity index (χ2n) is 7.27. The standard InChI is InChI=1S/C22H21F3N2O4S/c1-16(28)18-6-8-20(9-7-18)32(30,31)27-13-11-26(12-14-27)21(29)10-5-17-3-2-4-19(15-17)22(23,24)25/h2-10,15H,11-14H2,1H3/b10-5+. The zero-order valence-corrected chi connectivity index (χ0v) is 18.0.